The van der Waals surface area contributed by atoms with E-state index in [1.807, 2.05) is 0 Å². The third-order valence-electron chi connectivity index (χ3n) is 3.29. The van der Waals surface area contributed by atoms with Crippen molar-refractivity contribution in [2.24, 2.45) is 11.8 Å². The lowest BCUT2D eigenvalue weighted by molar-refractivity contribution is -0.126. The van der Waals surface area contributed by atoms with E-state index in [0.29, 0.717) is 17.6 Å². The Morgan fingerprint density at radius 2 is 2.33 bits per heavy atom. The summed E-state index contributed by atoms with van der Waals surface area (Å²) in [5, 5.41) is 0. The molecule has 0 saturated heterocycles. The number of Topliss-reactive ketones (excluding diaryl/α,β-unsaturated/α-hetero) is 1. The first kappa shape index (κ1) is 8.03. The van der Waals surface area contributed by atoms with Gasteiger partial charge >= 0.3 is 0 Å². The molecule has 0 spiro atoms. The van der Waals surface area contributed by atoms with Crippen LogP contribution in [0.3, 0.4) is 0 Å². The van der Waals surface area contributed by atoms with E-state index >= 15 is 0 Å². The summed E-state index contributed by atoms with van der Waals surface area (Å²) in [6.45, 7) is 2.19. The Morgan fingerprint density at radius 3 is 3.17 bits per heavy atom. The van der Waals surface area contributed by atoms with Crippen LogP contribution in [-0.4, -0.2) is 5.78 Å². The normalized spacial score (nSPS) is 35.8. The van der Waals surface area contributed by atoms with Gasteiger partial charge in [-0.25, -0.2) is 0 Å². The molecule has 0 radical (unpaired) electrons. The maximum absolute atomic E-state index is 11.5. The second kappa shape index (κ2) is 3.04. The molecule has 2 rings (SSSR count). The molecule has 1 saturated carbocycles. The van der Waals surface area contributed by atoms with Crippen LogP contribution < -0.4 is 0 Å². The van der Waals surface area contributed by atoms with Gasteiger partial charge in [0.2, 0.25) is 0 Å². The Hall–Kier alpha value is -0.590. The molecular weight excluding hydrogens is 148 g/mol. The maximum atomic E-state index is 11.5. The van der Waals surface area contributed by atoms with Crippen molar-refractivity contribution >= 4 is 5.78 Å². The first-order valence-electron chi connectivity index (χ1n) is 4.95. The van der Waals surface area contributed by atoms with Crippen LogP contribution >= 0.6 is 0 Å². The SMILES string of the molecule is CC1=CC[C@H]2C(=O)CCC[C@H]2C1. The second-order valence-electron chi connectivity index (χ2n) is 4.22. The Bertz CT molecular complexity index is 227. The van der Waals surface area contributed by atoms with E-state index in [1.165, 1.54) is 18.4 Å². The zero-order valence-electron chi connectivity index (χ0n) is 7.68. The molecule has 0 aromatic rings. The van der Waals surface area contributed by atoms with Gasteiger partial charge in [0.05, 0.1) is 0 Å². The van der Waals surface area contributed by atoms with Crippen molar-refractivity contribution in [3.05, 3.63) is 11.6 Å². The molecule has 0 unspecified atom stereocenters. The average Bonchev–Trinajstić information content (AvgIpc) is 2.04. The molecule has 1 heteroatoms. The number of carbonyl (C=O) groups excluding carboxylic acids is 1. The number of rotatable bonds is 0. The zero-order valence-corrected chi connectivity index (χ0v) is 7.68. The van der Waals surface area contributed by atoms with Crippen molar-refractivity contribution in [2.75, 3.05) is 0 Å². The highest BCUT2D eigenvalue weighted by atomic mass is 16.1. The van der Waals surface area contributed by atoms with Crippen LogP contribution in [0.4, 0.5) is 0 Å². The number of ketones is 1. The number of carbonyl (C=O) groups is 1. The standard InChI is InChI=1S/C11H16O/c1-8-5-6-10-9(7-8)3-2-4-11(10)12/h5,9-10H,2-4,6-7H2,1H3/t9-,10+/m0/s1. The van der Waals surface area contributed by atoms with Crippen molar-refractivity contribution in [2.45, 2.75) is 39.0 Å². The fraction of sp³-hybridized carbons (Fsp3) is 0.727. The van der Waals surface area contributed by atoms with Crippen LogP contribution in [0.25, 0.3) is 0 Å². The lowest BCUT2D eigenvalue weighted by atomic mass is 9.71. The highest BCUT2D eigenvalue weighted by Gasteiger charge is 2.32. The van der Waals surface area contributed by atoms with E-state index in [9.17, 15) is 4.79 Å². The van der Waals surface area contributed by atoms with Crippen LogP contribution in [-0.2, 0) is 4.79 Å². The molecule has 2 atom stereocenters. The van der Waals surface area contributed by atoms with Crippen molar-refractivity contribution in [3.8, 4) is 0 Å². The number of allylic oxidation sites excluding steroid dienone is 2. The first-order valence-corrected chi connectivity index (χ1v) is 4.95. The summed E-state index contributed by atoms with van der Waals surface area (Å²) >= 11 is 0. The van der Waals surface area contributed by atoms with E-state index < -0.39 is 0 Å². The van der Waals surface area contributed by atoms with Gasteiger partial charge in [0.1, 0.15) is 5.78 Å². The first-order chi connectivity index (χ1) is 5.77. The fourth-order valence-corrected chi connectivity index (χ4v) is 2.58. The molecule has 1 fully saturated rings. The molecule has 2 aliphatic carbocycles. The van der Waals surface area contributed by atoms with Crippen LogP contribution in [0.5, 0.6) is 0 Å². The Labute approximate surface area is 73.8 Å². The van der Waals surface area contributed by atoms with Crippen molar-refractivity contribution in [3.63, 3.8) is 0 Å². The summed E-state index contributed by atoms with van der Waals surface area (Å²) in [6.07, 6.45) is 7.71. The minimum atomic E-state index is 0.391. The topological polar surface area (TPSA) is 17.1 Å². The summed E-state index contributed by atoms with van der Waals surface area (Å²) in [7, 11) is 0. The van der Waals surface area contributed by atoms with Gasteiger partial charge in [-0.2, -0.15) is 0 Å². The van der Waals surface area contributed by atoms with Crippen LogP contribution in [0.1, 0.15) is 39.0 Å². The van der Waals surface area contributed by atoms with Crippen molar-refractivity contribution in [1.82, 2.24) is 0 Å². The monoisotopic (exact) mass is 164 g/mol. The van der Waals surface area contributed by atoms with E-state index in [2.05, 4.69) is 13.0 Å². The van der Waals surface area contributed by atoms with Crippen LogP contribution in [0.15, 0.2) is 11.6 Å². The summed E-state index contributed by atoms with van der Waals surface area (Å²) in [5.74, 6) is 1.61. The molecule has 0 N–H and O–H groups in total. The predicted octanol–water partition coefficient (Wildman–Crippen LogP) is 2.71. The largest absolute Gasteiger partial charge is 0.299 e. The van der Waals surface area contributed by atoms with Gasteiger partial charge in [-0.3, -0.25) is 4.79 Å². The van der Waals surface area contributed by atoms with Crippen LogP contribution in [0, 0.1) is 11.8 Å². The third-order valence-corrected chi connectivity index (χ3v) is 3.29. The Balaban J connectivity index is 2.14. The molecule has 0 bridgehead atoms. The van der Waals surface area contributed by atoms with Gasteiger partial charge in [-0.05, 0) is 38.5 Å². The highest BCUT2D eigenvalue weighted by Crippen LogP contribution is 2.37. The van der Waals surface area contributed by atoms with Gasteiger partial charge in [0.25, 0.3) is 0 Å². The summed E-state index contributed by atoms with van der Waals surface area (Å²) in [5.41, 5.74) is 1.49. The molecule has 12 heavy (non-hydrogen) atoms. The van der Waals surface area contributed by atoms with E-state index in [1.54, 1.807) is 0 Å². The lowest BCUT2D eigenvalue weighted by Crippen LogP contribution is -2.30. The van der Waals surface area contributed by atoms with Crippen LogP contribution in [0.2, 0.25) is 0 Å². The molecule has 2 aliphatic rings. The average molecular weight is 164 g/mol. The number of fused-ring (bicyclic) bond motifs is 1. The van der Waals surface area contributed by atoms with Gasteiger partial charge in [0.15, 0.2) is 0 Å². The minimum absolute atomic E-state index is 0.391. The second-order valence-corrected chi connectivity index (χ2v) is 4.22. The third kappa shape index (κ3) is 1.33. The molecule has 66 valence electrons. The maximum Gasteiger partial charge on any atom is 0.136 e. The Kier molecular flexibility index (Phi) is 2.03. The highest BCUT2D eigenvalue weighted by molar-refractivity contribution is 5.82. The smallest absolute Gasteiger partial charge is 0.136 e. The predicted molar refractivity (Wildman–Crippen MR) is 48.8 cm³/mol. The molecule has 0 heterocycles. The molecular formula is C11H16O. The lowest BCUT2D eigenvalue weighted by Gasteiger charge is -2.33. The van der Waals surface area contributed by atoms with Gasteiger partial charge < -0.3 is 0 Å². The van der Waals surface area contributed by atoms with Gasteiger partial charge in [0, 0.05) is 12.3 Å². The van der Waals surface area contributed by atoms with E-state index in [0.717, 1.165) is 19.3 Å². The van der Waals surface area contributed by atoms with Crippen molar-refractivity contribution in [1.29, 1.82) is 0 Å². The molecule has 0 aromatic heterocycles. The number of hydrogen-bond acceptors (Lipinski definition) is 1. The molecule has 1 nitrogen and oxygen atoms in total. The minimum Gasteiger partial charge on any atom is -0.299 e. The summed E-state index contributed by atoms with van der Waals surface area (Å²) < 4.78 is 0. The Morgan fingerprint density at radius 1 is 1.50 bits per heavy atom. The molecule has 0 aliphatic heterocycles. The zero-order chi connectivity index (χ0) is 8.55. The number of hydrogen-bond donors (Lipinski definition) is 0. The summed E-state index contributed by atoms with van der Waals surface area (Å²) in [6, 6.07) is 0. The van der Waals surface area contributed by atoms with Gasteiger partial charge in [-0.1, -0.05) is 11.6 Å². The molecule has 0 amide bonds. The van der Waals surface area contributed by atoms with Crippen molar-refractivity contribution < 1.29 is 4.79 Å². The fourth-order valence-electron chi connectivity index (χ4n) is 2.58. The molecule has 0 aromatic carbocycles. The summed E-state index contributed by atoms with van der Waals surface area (Å²) in [4.78, 5) is 11.5. The van der Waals surface area contributed by atoms with E-state index in [-0.39, 0.29) is 0 Å². The van der Waals surface area contributed by atoms with Gasteiger partial charge in [-0.15, -0.1) is 0 Å². The van der Waals surface area contributed by atoms with E-state index in [4.69, 9.17) is 0 Å². The quantitative estimate of drug-likeness (QED) is 0.503.